The molecule has 0 bridgehead atoms. The fraction of sp³-hybridized carbons (Fsp3) is 0.200. The van der Waals surface area contributed by atoms with Crippen molar-refractivity contribution >= 4 is 11.6 Å². The molecular formula is C10H8ClN3O3. The molecule has 6 nitrogen and oxygen atoms in total. The van der Waals surface area contributed by atoms with Gasteiger partial charge in [0.05, 0.1) is 11.6 Å². The molecule has 17 heavy (non-hydrogen) atoms. The van der Waals surface area contributed by atoms with Crippen LogP contribution in [0.25, 0.3) is 11.4 Å². The summed E-state index contributed by atoms with van der Waals surface area (Å²) in [6.45, 7) is 0.355. The van der Waals surface area contributed by atoms with Crippen LogP contribution in [-0.4, -0.2) is 16.9 Å². The van der Waals surface area contributed by atoms with Gasteiger partial charge >= 0.3 is 0 Å². The van der Waals surface area contributed by atoms with Crippen molar-refractivity contribution in [1.29, 1.82) is 0 Å². The fourth-order valence-electron chi connectivity index (χ4n) is 1.56. The summed E-state index contributed by atoms with van der Waals surface area (Å²) in [5, 5.41) is 4.20. The molecular weight excluding hydrogens is 246 g/mol. The van der Waals surface area contributed by atoms with Crippen molar-refractivity contribution in [3.8, 4) is 22.9 Å². The van der Waals surface area contributed by atoms with E-state index >= 15 is 0 Å². The number of hydrogen-bond acceptors (Lipinski definition) is 6. The number of halogens is 1. The van der Waals surface area contributed by atoms with E-state index < -0.39 is 0 Å². The first-order valence-electron chi connectivity index (χ1n) is 4.90. The highest BCUT2D eigenvalue weighted by molar-refractivity contribution is 6.35. The molecule has 1 aromatic carbocycles. The molecule has 0 aliphatic carbocycles. The summed E-state index contributed by atoms with van der Waals surface area (Å²) in [4.78, 5) is 4.10. The number of benzene rings is 1. The van der Waals surface area contributed by atoms with E-state index in [1.54, 1.807) is 12.1 Å². The van der Waals surface area contributed by atoms with E-state index in [2.05, 4.69) is 10.1 Å². The maximum Gasteiger partial charge on any atom is 0.240 e. The minimum atomic E-state index is 0.165. The Hall–Kier alpha value is -1.79. The first-order chi connectivity index (χ1) is 8.29. The van der Waals surface area contributed by atoms with E-state index in [9.17, 15) is 0 Å². The minimum absolute atomic E-state index is 0.165. The third-order valence-electron chi connectivity index (χ3n) is 2.36. The molecule has 0 atom stereocenters. The first-order valence-corrected chi connectivity index (χ1v) is 5.28. The van der Waals surface area contributed by atoms with Gasteiger partial charge in [-0.05, 0) is 12.1 Å². The Morgan fingerprint density at radius 2 is 2.24 bits per heavy atom. The molecule has 0 fully saturated rings. The first kappa shape index (κ1) is 10.4. The third kappa shape index (κ3) is 1.62. The van der Waals surface area contributed by atoms with Crippen molar-refractivity contribution in [3.05, 3.63) is 23.0 Å². The third-order valence-corrected chi connectivity index (χ3v) is 2.74. The van der Waals surface area contributed by atoms with Gasteiger partial charge in [-0.2, -0.15) is 4.98 Å². The highest BCUT2D eigenvalue weighted by atomic mass is 35.5. The van der Waals surface area contributed by atoms with Crippen molar-refractivity contribution in [1.82, 2.24) is 10.1 Å². The van der Waals surface area contributed by atoms with Crippen molar-refractivity contribution < 1.29 is 14.0 Å². The molecule has 3 rings (SSSR count). The average molecular weight is 254 g/mol. The summed E-state index contributed by atoms with van der Waals surface area (Å²) in [6.07, 6.45) is 0. The largest absolute Gasteiger partial charge is 0.454 e. The van der Waals surface area contributed by atoms with Crippen LogP contribution in [0.2, 0.25) is 5.02 Å². The SMILES string of the molecule is NCc1nc(-c2ccc3c(c2Cl)OCO3)no1. The molecule has 0 saturated heterocycles. The van der Waals surface area contributed by atoms with Crippen LogP contribution in [0, 0.1) is 0 Å². The second-order valence-electron chi connectivity index (χ2n) is 3.38. The van der Waals surface area contributed by atoms with Crippen LogP contribution in [0.15, 0.2) is 16.7 Å². The summed E-state index contributed by atoms with van der Waals surface area (Å²) in [5.74, 6) is 1.85. The normalized spacial score (nSPS) is 13.1. The molecule has 0 amide bonds. The Morgan fingerprint density at radius 3 is 3.00 bits per heavy atom. The fourth-order valence-corrected chi connectivity index (χ4v) is 1.85. The molecule has 88 valence electrons. The number of rotatable bonds is 2. The Balaban J connectivity index is 2.09. The molecule has 1 aliphatic heterocycles. The number of ether oxygens (including phenoxy) is 2. The van der Waals surface area contributed by atoms with Crippen molar-refractivity contribution in [2.45, 2.75) is 6.54 Å². The van der Waals surface area contributed by atoms with Crippen LogP contribution in [0.1, 0.15) is 5.89 Å². The van der Waals surface area contributed by atoms with Gasteiger partial charge in [0.25, 0.3) is 0 Å². The summed E-state index contributed by atoms with van der Waals surface area (Å²) in [7, 11) is 0. The van der Waals surface area contributed by atoms with Crippen LogP contribution in [-0.2, 0) is 6.54 Å². The lowest BCUT2D eigenvalue weighted by Crippen LogP contribution is -1.95. The van der Waals surface area contributed by atoms with Gasteiger partial charge in [-0.1, -0.05) is 16.8 Å². The Labute approximate surface area is 101 Å². The summed E-state index contributed by atoms with van der Waals surface area (Å²) in [6, 6.07) is 3.50. The van der Waals surface area contributed by atoms with E-state index in [-0.39, 0.29) is 13.3 Å². The highest BCUT2D eigenvalue weighted by Crippen LogP contribution is 2.43. The monoisotopic (exact) mass is 253 g/mol. The van der Waals surface area contributed by atoms with Gasteiger partial charge in [-0.3, -0.25) is 0 Å². The molecule has 2 heterocycles. The number of hydrogen-bond donors (Lipinski definition) is 1. The Kier molecular flexibility index (Phi) is 2.38. The number of nitrogens with two attached hydrogens (primary N) is 1. The van der Waals surface area contributed by atoms with Gasteiger partial charge in [0.2, 0.25) is 18.5 Å². The van der Waals surface area contributed by atoms with Crippen LogP contribution < -0.4 is 15.2 Å². The second-order valence-corrected chi connectivity index (χ2v) is 3.75. The van der Waals surface area contributed by atoms with E-state index in [0.717, 1.165) is 0 Å². The maximum atomic E-state index is 6.18. The molecule has 1 aliphatic rings. The number of fused-ring (bicyclic) bond motifs is 1. The van der Waals surface area contributed by atoms with Crippen LogP contribution in [0.4, 0.5) is 0 Å². The summed E-state index contributed by atoms with van der Waals surface area (Å²) < 4.78 is 15.4. The number of aromatic nitrogens is 2. The van der Waals surface area contributed by atoms with Crippen LogP contribution >= 0.6 is 11.6 Å². The lowest BCUT2D eigenvalue weighted by molar-refractivity contribution is 0.174. The quantitative estimate of drug-likeness (QED) is 0.875. The van der Waals surface area contributed by atoms with Crippen molar-refractivity contribution in [2.75, 3.05) is 6.79 Å². The zero-order valence-corrected chi connectivity index (χ0v) is 9.40. The molecule has 0 unspecified atom stereocenters. The predicted octanol–water partition coefficient (Wildman–Crippen LogP) is 1.58. The zero-order valence-electron chi connectivity index (χ0n) is 8.64. The molecule has 0 spiro atoms. The molecule has 2 N–H and O–H groups in total. The molecule has 0 radical (unpaired) electrons. The number of nitrogens with zero attached hydrogens (tertiary/aromatic N) is 2. The lowest BCUT2D eigenvalue weighted by atomic mass is 10.2. The minimum Gasteiger partial charge on any atom is -0.454 e. The lowest BCUT2D eigenvalue weighted by Gasteiger charge is -2.02. The smallest absolute Gasteiger partial charge is 0.240 e. The van der Waals surface area contributed by atoms with Crippen molar-refractivity contribution in [2.24, 2.45) is 5.73 Å². The highest BCUT2D eigenvalue weighted by Gasteiger charge is 2.22. The summed E-state index contributed by atoms with van der Waals surface area (Å²) >= 11 is 6.18. The molecule has 1 aromatic heterocycles. The molecule has 0 saturated carbocycles. The standard InChI is InChI=1S/C10H8ClN3O3/c11-8-5(10-13-7(3-12)17-14-10)1-2-6-9(8)16-4-15-6/h1-2H,3-4,12H2. The van der Waals surface area contributed by atoms with E-state index in [1.165, 1.54) is 0 Å². The van der Waals surface area contributed by atoms with Gasteiger partial charge in [0, 0.05) is 5.56 Å². The van der Waals surface area contributed by atoms with Gasteiger partial charge in [-0.25, -0.2) is 0 Å². The van der Waals surface area contributed by atoms with Gasteiger partial charge < -0.3 is 19.7 Å². The molecule has 7 heteroatoms. The Bertz CT molecular complexity index is 570. The summed E-state index contributed by atoms with van der Waals surface area (Å²) in [5.41, 5.74) is 6.02. The van der Waals surface area contributed by atoms with Crippen molar-refractivity contribution in [3.63, 3.8) is 0 Å². The topological polar surface area (TPSA) is 83.4 Å². The van der Waals surface area contributed by atoms with Crippen LogP contribution in [0.5, 0.6) is 11.5 Å². The van der Waals surface area contributed by atoms with Gasteiger partial charge in [-0.15, -0.1) is 0 Å². The molecule has 2 aromatic rings. The van der Waals surface area contributed by atoms with Gasteiger partial charge in [0.1, 0.15) is 0 Å². The van der Waals surface area contributed by atoms with E-state index in [0.29, 0.717) is 33.8 Å². The van der Waals surface area contributed by atoms with E-state index in [4.69, 9.17) is 31.3 Å². The maximum absolute atomic E-state index is 6.18. The average Bonchev–Trinajstić information content (AvgIpc) is 2.97. The zero-order chi connectivity index (χ0) is 11.8. The Morgan fingerprint density at radius 1 is 1.35 bits per heavy atom. The van der Waals surface area contributed by atoms with E-state index in [1.807, 2.05) is 0 Å². The predicted molar refractivity (Wildman–Crippen MR) is 58.8 cm³/mol. The van der Waals surface area contributed by atoms with Gasteiger partial charge in [0.15, 0.2) is 11.5 Å². The van der Waals surface area contributed by atoms with Crippen LogP contribution in [0.3, 0.4) is 0 Å². The second kappa shape index (κ2) is 3.90.